The molecule has 0 aromatic carbocycles. The van der Waals surface area contributed by atoms with Gasteiger partial charge in [-0.2, -0.15) is 0 Å². The smallest absolute Gasteiger partial charge is 0.326 e. The first kappa shape index (κ1) is 15.0. The molecule has 1 aliphatic heterocycles. The van der Waals surface area contributed by atoms with Gasteiger partial charge in [0.25, 0.3) is 0 Å². The molecular weight excluding hydrogens is 234 g/mol. The quantitative estimate of drug-likeness (QED) is 0.807. The highest BCUT2D eigenvalue weighted by atomic mass is 16.5. The Balaban J connectivity index is 2.61. The van der Waals surface area contributed by atoms with E-state index in [1.807, 2.05) is 13.8 Å². The van der Waals surface area contributed by atoms with Crippen LogP contribution in [0.2, 0.25) is 0 Å². The lowest BCUT2D eigenvalue weighted by Crippen LogP contribution is -2.50. The van der Waals surface area contributed by atoms with Crippen LogP contribution in [-0.2, 0) is 14.3 Å². The van der Waals surface area contributed by atoms with Crippen LogP contribution in [0, 0.1) is 11.8 Å². The van der Waals surface area contributed by atoms with Crippen LogP contribution in [0.4, 0.5) is 0 Å². The van der Waals surface area contributed by atoms with Crippen LogP contribution >= 0.6 is 0 Å². The van der Waals surface area contributed by atoms with Crippen LogP contribution in [-0.4, -0.2) is 48.2 Å². The standard InChI is InChI=1S/C13H23NO4/c1-9-4-5-14(11(6-9)13(16)17)12(15)7-10(2)8-18-3/h9-11H,4-8H2,1-3H3,(H,16,17). The van der Waals surface area contributed by atoms with Gasteiger partial charge in [-0.3, -0.25) is 4.79 Å². The summed E-state index contributed by atoms with van der Waals surface area (Å²) in [6.07, 6.45) is 1.79. The van der Waals surface area contributed by atoms with E-state index < -0.39 is 12.0 Å². The van der Waals surface area contributed by atoms with Crippen LogP contribution in [0.1, 0.15) is 33.1 Å². The van der Waals surface area contributed by atoms with E-state index in [0.29, 0.717) is 31.9 Å². The van der Waals surface area contributed by atoms with Crippen LogP contribution in [0.3, 0.4) is 0 Å². The van der Waals surface area contributed by atoms with Gasteiger partial charge in [0.2, 0.25) is 5.91 Å². The van der Waals surface area contributed by atoms with Crippen molar-refractivity contribution < 1.29 is 19.4 Å². The number of carbonyl (C=O) groups excluding carboxylic acids is 1. The van der Waals surface area contributed by atoms with E-state index in [1.54, 1.807) is 7.11 Å². The Morgan fingerprint density at radius 1 is 1.50 bits per heavy atom. The second kappa shape index (κ2) is 6.73. The summed E-state index contributed by atoms with van der Waals surface area (Å²) in [6.45, 7) is 5.04. The molecule has 1 N–H and O–H groups in total. The average molecular weight is 257 g/mol. The van der Waals surface area contributed by atoms with Crippen molar-refractivity contribution in [3.8, 4) is 0 Å². The molecule has 3 atom stereocenters. The number of methoxy groups -OCH3 is 1. The van der Waals surface area contributed by atoms with E-state index in [2.05, 4.69) is 0 Å². The van der Waals surface area contributed by atoms with Gasteiger partial charge in [-0.1, -0.05) is 13.8 Å². The Kier molecular flexibility index (Phi) is 5.59. The van der Waals surface area contributed by atoms with Crippen LogP contribution in [0.5, 0.6) is 0 Å². The number of hydrogen-bond donors (Lipinski definition) is 1. The summed E-state index contributed by atoms with van der Waals surface area (Å²) < 4.78 is 5.00. The number of hydrogen-bond acceptors (Lipinski definition) is 3. The minimum atomic E-state index is -0.894. The third-order valence-electron chi connectivity index (χ3n) is 3.44. The number of likely N-dealkylation sites (tertiary alicyclic amines) is 1. The molecule has 5 nitrogen and oxygen atoms in total. The first-order valence-corrected chi connectivity index (χ1v) is 6.46. The zero-order valence-corrected chi connectivity index (χ0v) is 11.4. The highest BCUT2D eigenvalue weighted by Crippen LogP contribution is 2.24. The molecule has 1 amide bonds. The van der Waals surface area contributed by atoms with Crippen molar-refractivity contribution in [2.24, 2.45) is 11.8 Å². The third-order valence-corrected chi connectivity index (χ3v) is 3.44. The highest BCUT2D eigenvalue weighted by molar-refractivity contribution is 5.84. The van der Waals surface area contributed by atoms with Gasteiger partial charge < -0.3 is 14.7 Å². The van der Waals surface area contributed by atoms with Crippen LogP contribution < -0.4 is 0 Å². The SMILES string of the molecule is COCC(C)CC(=O)N1CCC(C)CC1C(=O)O. The number of rotatable bonds is 5. The Bertz CT molecular complexity index is 305. The minimum Gasteiger partial charge on any atom is -0.480 e. The molecule has 0 aromatic heterocycles. The van der Waals surface area contributed by atoms with Gasteiger partial charge in [0.15, 0.2) is 0 Å². The number of ether oxygens (including phenoxy) is 1. The van der Waals surface area contributed by atoms with E-state index in [-0.39, 0.29) is 11.8 Å². The predicted molar refractivity (Wildman–Crippen MR) is 67.2 cm³/mol. The average Bonchev–Trinajstić information content (AvgIpc) is 2.28. The number of carboxylic acid groups (broad SMARTS) is 1. The Morgan fingerprint density at radius 3 is 2.72 bits per heavy atom. The number of amides is 1. The summed E-state index contributed by atoms with van der Waals surface area (Å²) in [5.74, 6) is -0.476. The number of piperidine rings is 1. The molecule has 0 aromatic rings. The van der Waals surface area contributed by atoms with Gasteiger partial charge in [-0.15, -0.1) is 0 Å². The number of aliphatic carboxylic acids is 1. The maximum atomic E-state index is 12.1. The first-order chi connectivity index (χ1) is 8.45. The maximum absolute atomic E-state index is 12.1. The van der Waals surface area contributed by atoms with Crippen molar-refractivity contribution >= 4 is 11.9 Å². The van der Waals surface area contributed by atoms with Crippen molar-refractivity contribution in [3.05, 3.63) is 0 Å². The molecule has 0 spiro atoms. The lowest BCUT2D eigenvalue weighted by atomic mass is 9.91. The fourth-order valence-corrected chi connectivity index (χ4v) is 2.43. The van der Waals surface area contributed by atoms with E-state index in [0.717, 1.165) is 6.42 Å². The lowest BCUT2D eigenvalue weighted by molar-refractivity contribution is -0.153. The summed E-state index contributed by atoms with van der Waals surface area (Å²) in [6, 6.07) is -0.656. The zero-order chi connectivity index (χ0) is 13.7. The monoisotopic (exact) mass is 257 g/mol. The molecule has 0 aliphatic carbocycles. The summed E-state index contributed by atoms with van der Waals surface area (Å²) in [5, 5.41) is 9.19. The molecule has 1 saturated heterocycles. The molecule has 1 heterocycles. The maximum Gasteiger partial charge on any atom is 0.326 e. The zero-order valence-electron chi connectivity index (χ0n) is 11.4. The number of carbonyl (C=O) groups is 2. The molecular formula is C13H23NO4. The van der Waals surface area contributed by atoms with Gasteiger partial charge in [0.05, 0.1) is 0 Å². The minimum absolute atomic E-state index is 0.0705. The second-order valence-corrected chi connectivity index (χ2v) is 5.34. The second-order valence-electron chi connectivity index (χ2n) is 5.34. The Hall–Kier alpha value is -1.10. The van der Waals surface area contributed by atoms with Gasteiger partial charge in [0, 0.05) is 26.7 Å². The van der Waals surface area contributed by atoms with E-state index in [4.69, 9.17) is 4.74 Å². The predicted octanol–water partition coefficient (Wildman–Crippen LogP) is 1.37. The molecule has 104 valence electrons. The molecule has 0 saturated carbocycles. The first-order valence-electron chi connectivity index (χ1n) is 6.46. The molecule has 0 bridgehead atoms. The van der Waals surface area contributed by atoms with E-state index in [9.17, 15) is 14.7 Å². The fourth-order valence-electron chi connectivity index (χ4n) is 2.43. The number of carboxylic acids is 1. The molecule has 1 rings (SSSR count). The molecule has 18 heavy (non-hydrogen) atoms. The topological polar surface area (TPSA) is 66.8 Å². The summed E-state index contributed by atoms with van der Waals surface area (Å²) in [5.41, 5.74) is 0. The Morgan fingerprint density at radius 2 is 2.17 bits per heavy atom. The van der Waals surface area contributed by atoms with Gasteiger partial charge >= 0.3 is 5.97 Å². The highest BCUT2D eigenvalue weighted by Gasteiger charge is 2.34. The van der Waals surface area contributed by atoms with Crippen molar-refractivity contribution in [1.29, 1.82) is 0 Å². The van der Waals surface area contributed by atoms with Crippen molar-refractivity contribution in [2.75, 3.05) is 20.3 Å². The fraction of sp³-hybridized carbons (Fsp3) is 0.846. The van der Waals surface area contributed by atoms with Crippen LogP contribution in [0.25, 0.3) is 0 Å². The summed E-state index contributed by atoms with van der Waals surface area (Å²) in [7, 11) is 1.60. The van der Waals surface area contributed by atoms with Crippen molar-refractivity contribution in [2.45, 2.75) is 39.2 Å². The van der Waals surface area contributed by atoms with Crippen molar-refractivity contribution in [1.82, 2.24) is 4.90 Å². The van der Waals surface area contributed by atoms with E-state index >= 15 is 0 Å². The van der Waals surface area contributed by atoms with Gasteiger partial charge in [-0.05, 0) is 24.7 Å². The van der Waals surface area contributed by atoms with Gasteiger partial charge in [-0.25, -0.2) is 4.79 Å². The largest absolute Gasteiger partial charge is 0.480 e. The van der Waals surface area contributed by atoms with Gasteiger partial charge in [0.1, 0.15) is 6.04 Å². The summed E-state index contributed by atoms with van der Waals surface area (Å²) >= 11 is 0. The lowest BCUT2D eigenvalue weighted by Gasteiger charge is -2.36. The number of nitrogens with zero attached hydrogens (tertiary/aromatic N) is 1. The Labute approximate surface area is 108 Å². The molecule has 0 radical (unpaired) electrons. The molecule has 1 aliphatic rings. The van der Waals surface area contributed by atoms with Crippen LogP contribution in [0.15, 0.2) is 0 Å². The molecule has 5 heteroatoms. The third kappa shape index (κ3) is 3.98. The normalized spacial score (nSPS) is 25.8. The summed E-state index contributed by atoms with van der Waals surface area (Å²) in [4.78, 5) is 24.8. The van der Waals surface area contributed by atoms with E-state index in [1.165, 1.54) is 4.90 Å². The molecule has 1 fully saturated rings. The van der Waals surface area contributed by atoms with Crippen molar-refractivity contribution in [3.63, 3.8) is 0 Å². The molecule has 3 unspecified atom stereocenters.